The fourth-order valence-corrected chi connectivity index (χ4v) is 7.27. The molecule has 0 aliphatic carbocycles. The summed E-state index contributed by atoms with van der Waals surface area (Å²) >= 11 is 12.3. The molecule has 3 saturated heterocycles. The average molecular weight is 807 g/mol. The van der Waals surface area contributed by atoms with E-state index in [2.05, 4.69) is 57.0 Å². The van der Waals surface area contributed by atoms with Crippen molar-refractivity contribution in [3.8, 4) is 17.6 Å². The lowest BCUT2D eigenvalue weighted by Crippen LogP contribution is -2.51. The first kappa shape index (κ1) is 42.3. The smallest absolute Gasteiger partial charge is 0.489 e. The molecule has 3 aliphatic rings. The van der Waals surface area contributed by atoms with Gasteiger partial charge >= 0.3 is 12.1 Å². The minimum absolute atomic E-state index is 0.284. The fraction of sp³-hybridized carbons (Fsp3) is 0.538. The Morgan fingerprint density at radius 3 is 2.18 bits per heavy atom. The van der Waals surface area contributed by atoms with E-state index in [0.717, 1.165) is 66.5 Å². The lowest BCUT2D eigenvalue weighted by molar-refractivity contribution is -0.192. The summed E-state index contributed by atoms with van der Waals surface area (Å²) in [6.07, 6.45) is -0.605. The normalized spacial score (nSPS) is 17.5. The number of alkyl halides is 4. The molecule has 55 heavy (non-hydrogen) atoms. The Morgan fingerprint density at radius 2 is 1.60 bits per heavy atom. The number of carbonyl (C=O) groups is 1. The molecular formula is C39H48Cl2F3N7O4. The van der Waals surface area contributed by atoms with Gasteiger partial charge in [-0.25, -0.2) is 14.8 Å². The largest absolute Gasteiger partial charge is 0.490 e. The van der Waals surface area contributed by atoms with Crippen molar-refractivity contribution in [2.45, 2.75) is 44.9 Å². The number of piperazine rings is 1. The highest BCUT2D eigenvalue weighted by Crippen LogP contribution is 2.38. The molecule has 0 saturated carbocycles. The molecule has 16 heteroatoms. The number of carboxylic acids is 1. The number of nitrogens with one attached hydrogen (secondary N) is 1. The van der Waals surface area contributed by atoms with Gasteiger partial charge in [0.05, 0.1) is 22.2 Å². The number of hydrogen-bond acceptors (Lipinski definition) is 10. The number of likely N-dealkylation sites (tertiary alicyclic amines) is 1. The zero-order chi connectivity index (χ0) is 39.6. The van der Waals surface area contributed by atoms with E-state index in [-0.39, 0.29) is 6.61 Å². The topological polar surface area (TPSA) is 127 Å². The second-order valence-corrected chi connectivity index (χ2v) is 15.4. The summed E-state index contributed by atoms with van der Waals surface area (Å²) in [6.45, 7) is 16.2. The molecule has 4 heterocycles. The number of ether oxygens (including phenoxy) is 2. The number of halogens is 5. The third kappa shape index (κ3) is 11.8. The lowest BCUT2D eigenvalue weighted by atomic mass is 9.77. The van der Waals surface area contributed by atoms with E-state index in [1.54, 1.807) is 0 Å². The van der Waals surface area contributed by atoms with E-state index in [1.165, 1.54) is 52.1 Å². The minimum atomic E-state index is -5.08. The Hall–Kier alpha value is -3.87. The van der Waals surface area contributed by atoms with Gasteiger partial charge < -0.3 is 29.7 Å². The number of aromatic nitrogens is 2. The lowest BCUT2D eigenvalue weighted by Gasteiger charge is -2.40. The Kier molecular flexibility index (Phi) is 14.9. The quantitative estimate of drug-likeness (QED) is 0.192. The molecule has 0 radical (unpaired) electrons. The molecule has 298 valence electrons. The van der Waals surface area contributed by atoms with Crippen molar-refractivity contribution in [3.05, 3.63) is 76.1 Å². The summed E-state index contributed by atoms with van der Waals surface area (Å²) in [4.78, 5) is 25.9. The van der Waals surface area contributed by atoms with E-state index in [4.69, 9.17) is 47.6 Å². The number of carboxylic acid groups (broad SMARTS) is 1. The molecule has 0 atom stereocenters. The summed E-state index contributed by atoms with van der Waals surface area (Å²) < 4.78 is 43.5. The van der Waals surface area contributed by atoms with Crippen molar-refractivity contribution in [3.63, 3.8) is 0 Å². The number of nitriles is 1. The molecule has 0 spiro atoms. The third-order valence-corrected chi connectivity index (χ3v) is 10.8. The molecule has 0 bridgehead atoms. The molecule has 3 aromatic rings. The van der Waals surface area contributed by atoms with E-state index in [9.17, 15) is 18.4 Å². The molecule has 11 nitrogen and oxygen atoms in total. The molecule has 3 aliphatic heterocycles. The van der Waals surface area contributed by atoms with Gasteiger partial charge in [0.15, 0.2) is 5.75 Å². The van der Waals surface area contributed by atoms with Crippen LogP contribution in [0.15, 0.2) is 48.7 Å². The first-order chi connectivity index (χ1) is 26.3. The van der Waals surface area contributed by atoms with Crippen LogP contribution in [0.3, 0.4) is 0 Å². The van der Waals surface area contributed by atoms with Crippen LogP contribution in [-0.2, 0) is 16.8 Å². The Labute approximate surface area is 330 Å². The van der Waals surface area contributed by atoms with Crippen LogP contribution in [0.2, 0.25) is 5.02 Å². The van der Waals surface area contributed by atoms with Gasteiger partial charge in [0, 0.05) is 64.0 Å². The standard InChI is InChI=1S/C37H47Cl2N7O2.C2HF3O2/c1-37(2,31-19-29(21-40)35(34(39)20-31)47-18-10-38)30-3-5-33(6-4-30)48-26-32-7-11-42-36(43-32)46-16-14-45(15-17-46)24-27-8-12-44(13-9-27)25-28-22-41-23-28;3-2(4,5)1(6)7/h3-7,11,19-20,27-28,41H,8-10,12-18,22-26H2,1-2H3;(H,6,7). The van der Waals surface area contributed by atoms with Crippen molar-refractivity contribution in [2.75, 3.05) is 82.8 Å². The van der Waals surface area contributed by atoms with Crippen molar-refractivity contribution < 1.29 is 32.5 Å². The van der Waals surface area contributed by atoms with Crippen LogP contribution in [0.25, 0.3) is 0 Å². The highest BCUT2D eigenvalue weighted by atomic mass is 35.5. The van der Waals surface area contributed by atoms with Crippen molar-refractivity contribution in [1.82, 2.24) is 25.1 Å². The van der Waals surface area contributed by atoms with Gasteiger partial charge in [-0.1, -0.05) is 37.6 Å². The van der Waals surface area contributed by atoms with E-state index >= 15 is 0 Å². The van der Waals surface area contributed by atoms with Gasteiger partial charge in [0.25, 0.3) is 0 Å². The van der Waals surface area contributed by atoms with Gasteiger partial charge in [-0.2, -0.15) is 18.4 Å². The Balaban J connectivity index is 0.000000757. The van der Waals surface area contributed by atoms with Gasteiger partial charge in [0.1, 0.15) is 25.0 Å². The zero-order valence-electron chi connectivity index (χ0n) is 31.1. The molecule has 0 unspecified atom stereocenters. The van der Waals surface area contributed by atoms with Crippen LogP contribution in [0.1, 0.15) is 49.1 Å². The van der Waals surface area contributed by atoms with Crippen molar-refractivity contribution >= 4 is 35.1 Å². The minimum Gasteiger partial charge on any atom is -0.489 e. The molecule has 0 amide bonds. The predicted molar refractivity (Wildman–Crippen MR) is 205 cm³/mol. The highest BCUT2D eigenvalue weighted by Gasteiger charge is 2.38. The third-order valence-electron chi connectivity index (χ3n) is 10.4. The zero-order valence-corrected chi connectivity index (χ0v) is 32.6. The van der Waals surface area contributed by atoms with Crippen LogP contribution in [-0.4, -0.2) is 115 Å². The maximum absolute atomic E-state index is 10.6. The van der Waals surface area contributed by atoms with Crippen LogP contribution in [0.4, 0.5) is 19.1 Å². The number of nitrogens with zero attached hydrogens (tertiary/aromatic N) is 6. The number of anilines is 1. The van der Waals surface area contributed by atoms with Gasteiger partial charge in [0.2, 0.25) is 5.95 Å². The van der Waals surface area contributed by atoms with Crippen molar-refractivity contribution in [1.29, 1.82) is 5.26 Å². The summed E-state index contributed by atoms with van der Waals surface area (Å²) in [5.41, 5.74) is 2.83. The van der Waals surface area contributed by atoms with E-state index in [0.29, 0.717) is 28.8 Å². The molecule has 2 N–H and O–H groups in total. The summed E-state index contributed by atoms with van der Waals surface area (Å²) in [5, 5.41) is 20.6. The summed E-state index contributed by atoms with van der Waals surface area (Å²) in [6, 6.07) is 15.9. The monoisotopic (exact) mass is 805 g/mol. The number of aliphatic carboxylic acids is 1. The van der Waals surface area contributed by atoms with E-state index in [1.807, 2.05) is 36.5 Å². The fourth-order valence-electron chi connectivity index (χ4n) is 6.92. The van der Waals surface area contributed by atoms with Crippen LogP contribution in [0, 0.1) is 23.2 Å². The molecular weight excluding hydrogens is 758 g/mol. The number of hydrogen-bond donors (Lipinski definition) is 2. The first-order valence-corrected chi connectivity index (χ1v) is 19.4. The van der Waals surface area contributed by atoms with Crippen molar-refractivity contribution in [2.24, 2.45) is 11.8 Å². The number of piperidine rings is 1. The van der Waals surface area contributed by atoms with Crippen LogP contribution >= 0.6 is 23.2 Å². The summed E-state index contributed by atoms with van der Waals surface area (Å²) in [7, 11) is 0. The highest BCUT2D eigenvalue weighted by molar-refractivity contribution is 6.32. The van der Waals surface area contributed by atoms with Gasteiger partial charge in [-0.3, -0.25) is 4.90 Å². The molecule has 2 aromatic carbocycles. The number of rotatable bonds is 13. The summed E-state index contributed by atoms with van der Waals surface area (Å²) in [5.74, 6) is 1.15. The second kappa shape index (κ2) is 19.3. The van der Waals surface area contributed by atoms with Gasteiger partial charge in [-0.15, -0.1) is 11.6 Å². The molecule has 1 aromatic heterocycles. The predicted octanol–water partition coefficient (Wildman–Crippen LogP) is 6.21. The number of benzene rings is 2. The van der Waals surface area contributed by atoms with Gasteiger partial charge in [-0.05, 0) is 79.2 Å². The van der Waals surface area contributed by atoms with Crippen LogP contribution in [0.5, 0.6) is 11.5 Å². The maximum Gasteiger partial charge on any atom is 0.490 e. The molecule has 6 rings (SSSR count). The second-order valence-electron chi connectivity index (χ2n) is 14.6. The SMILES string of the molecule is CC(C)(c1ccc(OCc2ccnc(N3CCN(CC4CCN(CC5CNC5)CC4)CC3)n2)cc1)c1cc(Cl)c(OCCCl)c(C#N)c1.O=C(O)C(F)(F)F. The molecule has 3 fully saturated rings. The average Bonchev–Trinajstić information content (AvgIpc) is 3.15. The first-order valence-electron chi connectivity index (χ1n) is 18.5. The van der Waals surface area contributed by atoms with Crippen LogP contribution < -0.4 is 19.7 Å². The van der Waals surface area contributed by atoms with E-state index < -0.39 is 17.6 Å². The maximum atomic E-state index is 10.6. The Bertz CT molecular complexity index is 1760. The Morgan fingerprint density at radius 1 is 0.964 bits per heavy atom.